The van der Waals surface area contributed by atoms with Gasteiger partial charge in [-0.1, -0.05) is 23.4 Å². The number of amides is 1. The van der Waals surface area contributed by atoms with Gasteiger partial charge in [0, 0.05) is 6.04 Å². The first-order chi connectivity index (χ1) is 9.51. The summed E-state index contributed by atoms with van der Waals surface area (Å²) >= 11 is 7.24. The molecule has 8 heteroatoms. The van der Waals surface area contributed by atoms with Crippen LogP contribution in [0.15, 0.2) is 11.4 Å². The first kappa shape index (κ1) is 15.1. The number of hydrogen-bond donors (Lipinski definition) is 2. The molecule has 0 spiro atoms. The van der Waals surface area contributed by atoms with Crippen LogP contribution in [0.3, 0.4) is 0 Å². The van der Waals surface area contributed by atoms with Crippen LogP contribution in [0.4, 0.5) is 0 Å². The van der Waals surface area contributed by atoms with E-state index in [2.05, 4.69) is 15.3 Å². The second kappa shape index (κ2) is 6.41. The molecule has 1 heterocycles. The number of carbonyl (C=O) groups is 2. The summed E-state index contributed by atoms with van der Waals surface area (Å²) in [6, 6.07) is -0.146. The van der Waals surface area contributed by atoms with Gasteiger partial charge in [0.2, 0.25) is 0 Å². The first-order valence-electron chi connectivity index (χ1n) is 6.11. The minimum absolute atomic E-state index is 0.129. The Labute approximate surface area is 125 Å². The number of aliphatic carboxylic acids is 1. The Hall–Kier alpha value is -1.34. The molecule has 20 heavy (non-hydrogen) atoms. The second-order valence-electron chi connectivity index (χ2n) is 4.57. The van der Waals surface area contributed by atoms with Crippen LogP contribution in [0.2, 0.25) is 5.02 Å². The van der Waals surface area contributed by atoms with Crippen molar-refractivity contribution in [1.82, 2.24) is 15.3 Å². The van der Waals surface area contributed by atoms with E-state index in [0.717, 1.165) is 0 Å². The standard InChI is InChI=1S/C12H14ClN3O3S/c1-20-12-14-5-8(13)9(16-12)10(17)15-7-3-2-6(4-7)11(18)19/h5-7H,2-4H2,1H3,(H,15,17)(H,18,19). The highest BCUT2D eigenvalue weighted by Gasteiger charge is 2.31. The molecule has 108 valence electrons. The SMILES string of the molecule is CSc1ncc(Cl)c(C(=O)NC2CCC(C(=O)O)C2)n1. The monoisotopic (exact) mass is 315 g/mol. The van der Waals surface area contributed by atoms with E-state index < -0.39 is 5.97 Å². The minimum atomic E-state index is -0.813. The molecular formula is C12H14ClN3O3S. The molecule has 1 aliphatic carbocycles. The molecule has 2 rings (SSSR count). The number of aromatic nitrogens is 2. The number of carboxylic acids is 1. The highest BCUT2D eigenvalue weighted by molar-refractivity contribution is 7.98. The minimum Gasteiger partial charge on any atom is -0.481 e. The van der Waals surface area contributed by atoms with E-state index in [1.807, 2.05) is 0 Å². The van der Waals surface area contributed by atoms with E-state index in [0.29, 0.717) is 24.4 Å². The topological polar surface area (TPSA) is 92.2 Å². The van der Waals surface area contributed by atoms with Crippen molar-refractivity contribution < 1.29 is 14.7 Å². The molecule has 0 aliphatic heterocycles. The molecular weight excluding hydrogens is 302 g/mol. The molecule has 1 fully saturated rings. The maximum absolute atomic E-state index is 12.1. The van der Waals surface area contributed by atoms with Crippen LogP contribution in [0, 0.1) is 5.92 Å². The van der Waals surface area contributed by atoms with Gasteiger partial charge < -0.3 is 10.4 Å². The first-order valence-corrected chi connectivity index (χ1v) is 7.71. The number of carboxylic acid groups (broad SMARTS) is 1. The van der Waals surface area contributed by atoms with Crippen molar-refractivity contribution in [3.63, 3.8) is 0 Å². The number of thioether (sulfide) groups is 1. The normalized spacial score (nSPS) is 21.7. The fourth-order valence-electron chi connectivity index (χ4n) is 2.20. The summed E-state index contributed by atoms with van der Waals surface area (Å²) in [5, 5.41) is 12.4. The molecule has 1 aromatic rings. The van der Waals surface area contributed by atoms with Gasteiger partial charge in [0.1, 0.15) is 0 Å². The van der Waals surface area contributed by atoms with Crippen molar-refractivity contribution >= 4 is 35.2 Å². The van der Waals surface area contributed by atoms with Crippen molar-refractivity contribution in [2.24, 2.45) is 5.92 Å². The smallest absolute Gasteiger partial charge is 0.306 e. The van der Waals surface area contributed by atoms with E-state index in [9.17, 15) is 9.59 Å². The van der Waals surface area contributed by atoms with Crippen molar-refractivity contribution in [3.8, 4) is 0 Å². The van der Waals surface area contributed by atoms with Crippen LogP contribution in [-0.4, -0.2) is 39.2 Å². The zero-order valence-corrected chi connectivity index (χ0v) is 12.4. The Bertz CT molecular complexity index is 541. The quantitative estimate of drug-likeness (QED) is 0.650. The van der Waals surface area contributed by atoms with Gasteiger partial charge in [0.25, 0.3) is 5.91 Å². The van der Waals surface area contributed by atoms with Gasteiger partial charge in [0.15, 0.2) is 10.9 Å². The van der Waals surface area contributed by atoms with Crippen LogP contribution in [-0.2, 0) is 4.79 Å². The predicted octanol–water partition coefficient (Wildman–Crippen LogP) is 1.83. The van der Waals surface area contributed by atoms with Crippen LogP contribution in [0.25, 0.3) is 0 Å². The van der Waals surface area contributed by atoms with Crippen LogP contribution >= 0.6 is 23.4 Å². The summed E-state index contributed by atoms with van der Waals surface area (Å²) in [4.78, 5) is 31.1. The molecule has 2 unspecified atom stereocenters. The van der Waals surface area contributed by atoms with E-state index >= 15 is 0 Å². The Kier molecular flexibility index (Phi) is 4.82. The van der Waals surface area contributed by atoms with E-state index in [-0.39, 0.29) is 28.6 Å². The van der Waals surface area contributed by atoms with Gasteiger partial charge in [-0.3, -0.25) is 9.59 Å². The van der Waals surface area contributed by atoms with Crippen LogP contribution in [0.1, 0.15) is 29.8 Å². The lowest BCUT2D eigenvalue weighted by Crippen LogP contribution is -2.34. The zero-order chi connectivity index (χ0) is 14.7. The molecule has 0 aromatic carbocycles. The van der Waals surface area contributed by atoms with Crippen LogP contribution in [0.5, 0.6) is 0 Å². The number of hydrogen-bond acceptors (Lipinski definition) is 5. The Morgan fingerprint density at radius 3 is 2.85 bits per heavy atom. The maximum atomic E-state index is 12.1. The summed E-state index contributed by atoms with van der Waals surface area (Å²) in [5.74, 6) is -1.59. The molecule has 1 aliphatic rings. The Morgan fingerprint density at radius 1 is 1.50 bits per heavy atom. The molecule has 1 saturated carbocycles. The van der Waals surface area contributed by atoms with Crippen molar-refractivity contribution in [2.45, 2.75) is 30.5 Å². The maximum Gasteiger partial charge on any atom is 0.306 e. The van der Waals surface area contributed by atoms with Crippen molar-refractivity contribution in [1.29, 1.82) is 0 Å². The Balaban J connectivity index is 2.04. The molecule has 0 bridgehead atoms. The number of halogens is 1. The third-order valence-electron chi connectivity index (χ3n) is 3.24. The van der Waals surface area contributed by atoms with Gasteiger partial charge in [-0.2, -0.15) is 0 Å². The van der Waals surface area contributed by atoms with E-state index in [1.165, 1.54) is 18.0 Å². The highest BCUT2D eigenvalue weighted by Crippen LogP contribution is 2.26. The summed E-state index contributed by atoms with van der Waals surface area (Å²) in [7, 11) is 0. The fraction of sp³-hybridized carbons (Fsp3) is 0.500. The average molecular weight is 316 g/mol. The largest absolute Gasteiger partial charge is 0.481 e. The molecule has 0 saturated heterocycles. The molecule has 1 aromatic heterocycles. The lowest BCUT2D eigenvalue weighted by atomic mass is 10.1. The molecule has 6 nitrogen and oxygen atoms in total. The van der Waals surface area contributed by atoms with Gasteiger partial charge >= 0.3 is 5.97 Å². The number of nitrogens with one attached hydrogen (secondary N) is 1. The lowest BCUT2D eigenvalue weighted by molar-refractivity contribution is -0.141. The van der Waals surface area contributed by atoms with Crippen molar-refractivity contribution in [3.05, 3.63) is 16.9 Å². The molecule has 0 radical (unpaired) electrons. The summed E-state index contributed by atoms with van der Waals surface area (Å²) < 4.78 is 0. The summed E-state index contributed by atoms with van der Waals surface area (Å²) in [6.07, 6.45) is 4.87. The number of rotatable bonds is 4. The highest BCUT2D eigenvalue weighted by atomic mass is 35.5. The third kappa shape index (κ3) is 3.40. The molecule has 1 amide bonds. The lowest BCUT2D eigenvalue weighted by Gasteiger charge is -2.12. The Morgan fingerprint density at radius 2 is 2.25 bits per heavy atom. The summed E-state index contributed by atoms with van der Waals surface area (Å²) in [6.45, 7) is 0. The second-order valence-corrected chi connectivity index (χ2v) is 5.75. The van der Waals surface area contributed by atoms with Crippen LogP contribution < -0.4 is 5.32 Å². The zero-order valence-electron chi connectivity index (χ0n) is 10.8. The van der Waals surface area contributed by atoms with Gasteiger partial charge in [0.05, 0.1) is 17.1 Å². The van der Waals surface area contributed by atoms with E-state index in [1.54, 1.807) is 6.26 Å². The summed E-state index contributed by atoms with van der Waals surface area (Å²) in [5.41, 5.74) is 0.129. The van der Waals surface area contributed by atoms with Gasteiger partial charge in [-0.25, -0.2) is 9.97 Å². The van der Waals surface area contributed by atoms with E-state index in [4.69, 9.17) is 16.7 Å². The number of carbonyl (C=O) groups excluding carboxylic acids is 1. The third-order valence-corrected chi connectivity index (χ3v) is 4.08. The number of nitrogens with zero attached hydrogens (tertiary/aromatic N) is 2. The predicted molar refractivity (Wildman–Crippen MR) is 75.1 cm³/mol. The fourth-order valence-corrected chi connectivity index (χ4v) is 2.72. The molecule has 2 N–H and O–H groups in total. The average Bonchev–Trinajstić information content (AvgIpc) is 2.88. The van der Waals surface area contributed by atoms with Gasteiger partial charge in [-0.05, 0) is 25.5 Å². The van der Waals surface area contributed by atoms with Gasteiger partial charge in [-0.15, -0.1) is 0 Å². The molecule has 2 atom stereocenters. The van der Waals surface area contributed by atoms with Crippen molar-refractivity contribution in [2.75, 3.05) is 6.26 Å².